The Kier molecular flexibility index (Phi) is 12.3. The molecular formula is C21H30N4S. The van der Waals surface area contributed by atoms with Gasteiger partial charge in [-0.25, -0.2) is 0 Å². The van der Waals surface area contributed by atoms with E-state index in [4.69, 9.17) is 11.0 Å². The number of anilines is 1. The van der Waals surface area contributed by atoms with Gasteiger partial charge in [0.1, 0.15) is 0 Å². The highest BCUT2D eigenvalue weighted by molar-refractivity contribution is 7.81. The fourth-order valence-electron chi connectivity index (χ4n) is 2.30. The third-order valence-corrected chi connectivity index (χ3v) is 3.49. The van der Waals surface area contributed by atoms with E-state index in [0.717, 1.165) is 5.69 Å². The second-order valence-electron chi connectivity index (χ2n) is 6.05. The monoisotopic (exact) mass is 370 g/mol. The maximum absolute atomic E-state index is 8.45. The van der Waals surface area contributed by atoms with Crippen LogP contribution in [0.1, 0.15) is 33.3 Å². The van der Waals surface area contributed by atoms with Crippen molar-refractivity contribution in [3.63, 3.8) is 0 Å². The fraction of sp³-hybridized carbons (Fsp3) is 0.286. The van der Waals surface area contributed by atoms with Crippen LogP contribution in [0.2, 0.25) is 0 Å². The molecule has 0 atom stereocenters. The lowest BCUT2D eigenvalue weighted by Crippen LogP contribution is -2.38. The Morgan fingerprint density at radius 1 is 1.04 bits per heavy atom. The molecule has 2 rings (SSSR count). The van der Waals surface area contributed by atoms with Gasteiger partial charge < -0.3 is 15.4 Å². The third-order valence-electron chi connectivity index (χ3n) is 3.23. The maximum atomic E-state index is 8.45. The standard InChI is InChI=1S/C8H18N2.C7H6N2S.C6H6/c1-6(2)10(7(3)4)8(5)9;8-5-6-2-1-3-7(4-6)9-10;1-2-4-6-5-3-1/h6-7H,5,9H2,1-4H3;1-4,9-10H;1-6H. The minimum atomic E-state index is 0.442. The van der Waals surface area contributed by atoms with E-state index in [1.165, 1.54) is 0 Å². The normalized spacial score (nSPS) is 9.15. The summed E-state index contributed by atoms with van der Waals surface area (Å²) in [4.78, 5) is 2.08. The Morgan fingerprint density at radius 2 is 1.50 bits per heavy atom. The third kappa shape index (κ3) is 10.3. The molecule has 0 radical (unpaired) electrons. The summed E-state index contributed by atoms with van der Waals surface area (Å²) in [5.74, 6) is 0.657. The largest absolute Gasteiger partial charge is 0.386 e. The van der Waals surface area contributed by atoms with E-state index in [-0.39, 0.29) is 0 Å². The van der Waals surface area contributed by atoms with E-state index in [2.05, 4.69) is 56.7 Å². The molecule has 0 aliphatic heterocycles. The lowest BCUT2D eigenvalue weighted by molar-refractivity contribution is 0.230. The second kappa shape index (κ2) is 13.7. The number of hydrogen-bond acceptors (Lipinski definition) is 5. The van der Waals surface area contributed by atoms with Crippen LogP contribution in [0.3, 0.4) is 0 Å². The molecule has 0 aliphatic carbocycles. The number of nitrogens with zero attached hydrogens (tertiary/aromatic N) is 2. The molecule has 0 saturated heterocycles. The van der Waals surface area contributed by atoms with Gasteiger partial charge in [0.15, 0.2) is 0 Å². The Hall–Kier alpha value is -2.58. The predicted molar refractivity (Wildman–Crippen MR) is 116 cm³/mol. The Morgan fingerprint density at radius 3 is 1.77 bits per heavy atom. The summed E-state index contributed by atoms with van der Waals surface area (Å²) >= 11 is 3.84. The van der Waals surface area contributed by atoms with E-state index in [9.17, 15) is 0 Å². The Balaban J connectivity index is 0.000000372. The zero-order valence-electron chi connectivity index (χ0n) is 16.1. The van der Waals surface area contributed by atoms with Gasteiger partial charge in [-0.2, -0.15) is 5.26 Å². The van der Waals surface area contributed by atoms with Crippen LogP contribution in [0.25, 0.3) is 0 Å². The summed E-state index contributed by atoms with van der Waals surface area (Å²) < 4.78 is 2.64. The van der Waals surface area contributed by atoms with Gasteiger partial charge in [-0.05, 0) is 45.9 Å². The van der Waals surface area contributed by atoms with Crippen molar-refractivity contribution in [3.8, 4) is 6.07 Å². The van der Waals surface area contributed by atoms with Crippen LogP contribution in [-0.2, 0) is 0 Å². The van der Waals surface area contributed by atoms with Gasteiger partial charge in [-0.15, -0.1) is 0 Å². The van der Waals surface area contributed by atoms with Gasteiger partial charge in [0.25, 0.3) is 0 Å². The first-order valence-corrected chi connectivity index (χ1v) is 8.91. The Bertz CT molecular complexity index is 629. The summed E-state index contributed by atoms with van der Waals surface area (Å²) in [6.07, 6.45) is 0. The predicted octanol–water partition coefficient (Wildman–Crippen LogP) is 5.04. The van der Waals surface area contributed by atoms with Crippen molar-refractivity contribution in [2.45, 2.75) is 39.8 Å². The van der Waals surface area contributed by atoms with E-state index in [1.54, 1.807) is 18.2 Å². The molecule has 0 spiro atoms. The molecule has 3 N–H and O–H groups in total. The number of benzene rings is 2. The molecule has 0 amide bonds. The zero-order chi connectivity index (χ0) is 19.9. The van der Waals surface area contributed by atoms with Gasteiger partial charge >= 0.3 is 0 Å². The molecule has 140 valence electrons. The van der Waals surface area contributed by atoms with Crippen LogP contribution in [0.15, 0.2) is 73.1 Å². The highest BCUT2D eigenvalue weighted by Crippen LogP contribution is 2.09. The van der Waals surface area contributed by atoms with Crippen LogP contribution in [0, 0.1) is 11.3 Å². The van der Waals surface area contributed by atoms with E-state index < -0.39 is 0 Å². The van der Waals surface area contributed by atoms with Gasteiger partial charge in [0.05, 0.1) is 17.5 Å². The molecule has 2 aromatic rings. The number of nitriles is 1. The smallest absolute Gasteiger partial charge is 0.0992 e. The van der Waals surface area contributed by atoms with E-state index in [0.29, 0.717) is 23.5 Å². The van der Waals surface area contributed by atoms with Crippen molar-refractivity contribution < 1.29 is 0 Å². The zero-order valence-corrected chi connectivity index (χ0v) is 16.9. The lowest BCUT2D eigenvalue weighted by atomic mass is 10.2. The van der Waals surface area contributed by atoms with Crippen molar-refractivity contribution in [2.75, 3.05) is 4.72 Å². The van der Waals surface area contributed by atoms with Gasteiger partial charge in [0, 0.05) is 17.8 Å². The van der Waals surface area contributed by atoms with E-state index >= 15 is 0 Å². The van der Waals surface area contributed by atoms with Crippen LogP contribution in [-0.4, -0.2) is 17.0 Å². The molecular weight excluding hydrogens is 340 g/mol. The van der Waals surface area contributed by atoms with Gasteiger partial charge in [-0.3, -0.25) is 0 Å². The van der Waals surface area contributed by atoms with Crippen molar-refractivity contribution >= 4 is 18.5 Å². The highest BCUT2D eigenvalue weighted by atomic mass is 32.1. The number of hydrogen-bond donors (Lipinski definition) is 3. The minimum Gasteiger partial charge on any atom is -0.386 e. The average Bonchev–Trinajstić information content (AvgIpc) is 2.63. The first-order chi connectivity index (χ1) is 12.3. The highest BCUT2D eigenvalue weighted by Gasteiger charge is 2.11. The van der Waals surface area contributed by atoms with Crippen molar-refractivity contribution in [3.05, 3.63) is 78.6 Å². The SMILES string of the molecule is C=C(N)N(C(C)C)C(C)C.N#Cc1cccc(NS)c1.c1ccccc1. The lowest BCUT2D eigenvalue weighted by Gasteiger charge is -2.32. The summed E-state index contributed by atoms with van der Waals surface area (Å²) in [5, 5.41) is 8.45. The van der Waals surface area contributed by atoms with Crippen LogP contribution in [0.5, 0.6) is 0 Å². The van der Waals surface area contributed by atoms with Gasteiger partial charge in [-0.1, -0.05) is 61.9 Å². The van der Waals surface area contributed by atoms with Crippen molar-refractivity contribution in [1.29, 1.82) is 5.26 Å². The summed E-state index contributed by atoms with van der Waals surface area (Å²) in [6, 6.07) is 22.0. The molecule has 0 aliphatic rings. The van der Waals surface area contributed by atoms with Crippen molar-refractivity contribution in [1.82, 2.24) is 4.90 Å². The molecule has 0 heterocycles. The fourth-order valence-corrected chi connectivity index (χ4v) is 2.44. The quantitative estimate of drug-likeness (QED) is 0.660. The molecule has 0 aromatic heterocycles. The number of rotatable bonds is 4. The molecule has 0 saturated carbocycles. The van der Waals surface area contributed by atoms with Crippen LogP contribution >= 0.6 is 12.8 Å². The molecule has 5 heteroatoms. The first kappa shape index (κ1) is 23.4. The summed E-state index contributed by atoms with van der Waals surface area (Å²) in [6.45, 7) is 12.1. The molecule has 0 bridgehead atoms. The minimum absolute atomic E-state index is 0.442. The van der Waals surface area contributed by atoms with Crippen LogP contribution < -0.4 is 10.5 Å². The number of thiol groups is 1. The first-order valence-electron chi connectivity index (χ1n) is 8.46. The topological polar surface area (TPSA) is 65.1 Å². The number of nitrogens with two attached hydrogens (primary N) is 1. The number of nitrogens with one attached hydrogen (secondary N) is 1. The summed E-state index contributed by atoms with van der Waals surface area (Å²) in [5.41, 5.74) is 7.04. The van der Waals surface area contributed by atoms with Gasteiger partial charge in [0.2, 0.25) is 0 Å². The molecule has 0 fully saturated rings. The molecule has 2 aromatic carbocycles. The van der Waals surface area contributed by atoms with E-state index in [1.807, 2.05) is 48.5 Å². The average molecular weight is 371 g/mol. The van der Waals surface area contributed by atoms with Crippen LogP contribution in [0.4, 0.5) is 5.69 Å². The molecule has 26 heavy (non-hydrogen) atoms. The van der Waals surface area contributed by atoms with Crippen molar-refractivity contribution in [2.24, 2.45) is 5.73 Å². The maximum Gasteiger partial charge on any atom is 0.0992 e. The Labute approximate surface area is 163 Å². The summed E-state index contributed by atoms with van der Waals surface area (Å²) in [7, 11) is 0. The molecule has 4 nitrogen and oxygen atoms in total. The molecule has 0 unspecified atom stereocenters. The second-order valence-corrected chi connectivity index (χ2v) is 6.27.